The Hall–Kier alpha value is -2.33. The molecule has 0 spiro atoms. The van der Waals surface area contributed by atoms with Crippen molar-refractivity contribution in [2.24, 2.45) is 0 Å². The van der Waals surface area contributed by atoms with E-state index >= 15 is 0 Å². The lowest BCUT2D eigenvalue weighted by atomic mass is 9.92. The molecule has 2 aliphatic carbocycles. The van der Waals surface area contributed by atoms with Crippen LogP contribution in [-0.4, -0.2) is 41.4 Å². The van der Waals surface area contributed by atoms with E-state index in [0.29, 0.717) is 31.4 Å². The first-order chi connectivity index (χ1) is 13.4. The first-order valence-electron chi connectivity index (χ1n) is 9.42. The zero-order valence-corrected chi connectivity index (χ0v) is 16.0. The van der Waals surface area contributed by atoms with Gasteiger partial charge in [-0.3, -0.25) is 4.79 Å². The Bertz CT molecular complexity index is 965. The number of carbonyl (C=O) groups excluding carboxylic acids is 1. The summed E-state index contributed by atoms with van der Waals surface area (Å²) in [6.45, 7) is 0. The van der Waals surface area contributed by atoms with Gasteiger partial charge < -0.3 is 5.32 Å². The van der Waals surface area contributed by atoms with Crippen molar-refractivity contribution in [1.29, 1.82) is 0 Å². The van der Waals surface area contributed by atoms with E-state index in [9.17, 15) is 17.6 Å². The average Bonchev–Trinajstić information content (AvgIpc) is 3.34. The van der Waals surface area contributed by atoms with Gasteiger partial charge in [-0.25, -0.2) is 22.2 Å². The molecule has 1 aromatic carbocycles. The van der Waals surface area contributed by atoms with E-state index in [2.05, 4.69) is 20.4 Å². The van der Waals surface area contributed by atoms with Crippen LogP contribution in [0, 0.1) is 5.82 Å². The van der Waals surface area contributed by atoms with Crippen LogP contribution >= 0.6 is 0 Å². The minimum absolute atomic E-state index is 0.0594. The minimum Gasteiger partial charge on any atom is -0.348 e. The maximum absolute atomic E-state index is 13.8. The fraction of sp³-hybridized carbons (Fsp3) is 0.500. The van der Waals surface area contributed by atoms with Gasteiger partial charge in [0.25, 0.3) is 5.91 Å². The standard InChI is InChI=1S/C18H22FN5O3S/c19-15-3-1-2-4-17(15)28(26,27)22-13-7-9-14(10-8-13)24-11-16(21-23-24)18(25)20-12-5-6-12/h1-4,11-14,22H,5-10H2,(H,20,25). The van der Waals surface area contributed by atoms with E-state index < -0.39 is 15.8 Å². The Balaban J connectivity index is 1.34. The topological polar surface area (TPSA) is 106 Å². The third-order valence-electron chi connectivity index (χ3n) is 5.17. The van der Waals surface area contributed by atoms with E-state index in [1.165, 1.54) is 18.2 Å². The summed E-state index contributed by atoms with van der Waals surface area (Å²) in [5.74, 6) is -0.969. The van der Waals surface area contributed by atoms with Crippen LogP contribution in [0.5, 0.6) is 0 Å². The second-order valence-corrected chi connectivity index (χ2v) is 9.07. The van der Waals surface area contributed by atoms with Crippen LogP contribution in [0.1, 0.15) is 55.1 Å². The Morgan fingerprint density at radius 3 is 2.43 bits per heavy atom. The van der Waals surface area contributed by atoms with Gasteiger partial charge in [0.2, 0.25) is 10.0 Å². The molecule has 2 fully saturated rings. The van der Waals surface area contributed by atoms with E-state index in [-0.39, 0.29) is 28.9 Å². The minimum atomic E-state index is -3.90. The number of sulfonamides is 1. The first-order valence-corrected chi connectivity index (χ1v) is 10.9. The average molecular weight is 407 g/mol. The number of halogens is 1. The van der Waals surface area contributed by atoms with E-state index in [4.69, 9.17) is 0 Å². The number of hydrogen-bond acceptors (Lipinski definition) is 5. The van der Waals surface area contributed by atoms with Gasteiger partial charge in [-0.15, -0.1) is 5.10 Å². The lowest BCUT2D eigenvalue weighted by Crippen LogP contribution is -2.38. The third-order valence-corrected chi connectivity index (χ3v) is 6.73. The fourth-order valence-corrected chi connectivity index (χ4v) is 4.83. The maximum atomic E-state index is 13.8. The summed E-state index contributed by atoms with van der Waals surface area (Å²) >= 11 is 0. The highest BCUT2D eigenvalue weighted by atomic mass is 32.2. The summed E-state index contributed by atoms with van der Waals surface area (Å²) in [5.41, 5.74) is 0.300. The molecule has 150 valence electrons. The molecular formula is C18H22FN5O3S. The molecule has 2 saturated carbocycles. The summed E-state index contributed by atoms with van der Waals surface area (Å²) in [6.07, 6.45) is 6.24. The molecule has 1 aromatic heterocycles. The number of amides is 1. The molecule has 0 unspecified atom stereocenters. The SMILES string of the molecule is O=C(NC1CC1)c1cn(C2CCC(NS(=O)(=O)c3ccccc3F)CC2)nn1. The molecule has 10 heteroatoms. The maximum Gasteiger partial charge on any atom is 0.273 e. The molecule has 8 nitrogen and oxygen atoms in total. The Morgan fingerprint density at radius 1 is 1.07 bits per heavy atom. The summed E-state index contributed by atoms with van der Waals surface area (Å²) in [4.78, 5) is 11.7. The Kier molecular flexibility index (Phi) is 5.15. The number of nitrogens with zero attached hydrogens (tertiary/aromatic N) is 3. The van der Waals surface area contributed by atoms with Crippen molar-refractivity contribution < 1.29 is 17.6 Å². The molecule has 2 aromatic rings. The summed E-state index contributed by atoms with van der Waals surface area (Å²) in [7, 11) is -3.90. The number of hydrogen-bond donors (Lipinski definition) is 2. The van der Waals surface area contributed by atoms with E-state index in [1.807, 2.05) is 0 Å². The zero-order valence-electron chi connectivity index (χ0n) is 15.2. The summed E-state index contributed by atoms with van der Waals surface area (Å²) in [5, 5.41) is 10.9. The van der Waals surface area contributed by atoms with Crippen molar-refractivity contribution in [3.63, 3.8) is 0 Å². The van der Waals surface area contributed by atoms with Gasteiger partial charge in [0.05, 0.1) is 12.2 Å². The van der Waals surface area contributed by atoms with Crippen LogP contribution in [-0.2, 0) is 10.0 Å². The second kappa shape index (κ2) is 7.59. The highest BCUT2D eigenvalue weighted by Crippen LogP contribution is 2.29. The van der Waals surface area contributed by atoms with E-state index in [0.717, 1.165) is 18.9 Å². The van der Waals surface area contributed by atoms with Crippen molar-refractivity contribution in [2.75, 3.05) is 0 Å². The molecule has 1 amide bonds. The van der Waals surface area contributed by atoms with E-state index in [1.54, 1.807) is 10.9 Å². The number of carbonyl (C=O) groups is 1. The second-order valence-electron chi connectivity index (χ2n) is 7.39. The van der Waals surface area contributed by atoms with Crippen molar-refractivity contribution in [3.8, 4) is 0 Å². The number of nitrogens with one attached hydrogen (secondary N) is 2. The van der Waals surface area contributed by atoms with Gasteiger partial charge >= 0.3 is 0 Å². The van der Waals surface area contributed by atoms with Crippen molar-refractivity contribution in [1.82, 2.24) is 25.0 Å². The lowest BCUT2D eigenvalue weighted by Gasteiger charge is -2.28. The van der Waals surface area contributed by atoms with Crippen LogP contribution in [0.25, 0.3) is 0 Å². The van der Waals surface area contributed by atoms with Gasteiger partial charge in [-0.1, -0.05) is 17.3 Å². The molecule has 28 heavy (non-hydrogen) atoms. The monoisotopic (exact) mass is 407 g/mol. The zero-order chi connectivity index (χ0) is 19.7. The Labute approximate surface area is 162 Å². The van der Waals surface area contributed by atoms with Crippen LogP contribution < -0.4 is 10.0 Å². The fourth-order valence-electron chi connectivity index (χ4n) is 3.45. The molecule has 1 heterocycles. The highest BCUT2D eigenvalue weighted by molar-refractivity contribution is 7.89. The van der Waals surface area contributed by atoms with Crippen molar-refractivity contribution >= 4 is 15.9 Å². The normalized spacial score (nSPS) is 22.8. The predicted octanol–water partition coefficient (Wildman–Crippen LogP) is 1.77. The smallest absolute Gasteiger partial charge is 0.273 e. The van der Waals surface area contributed by atoms with Crippen molar-refractivity contribution in [2.45, 2.75) is 61.5 Å². The lowest BCUT2D eigenvalue weighted by molar-refractivity contribution is 0.0946. The van der Waals surface area contributed by atoms with Gasteiger partial charge in [0.15, 0.2) is 5.69 Å². The van der Waals surface area contributed by atoms with Gasteiger partial charge in [-0.2, -0.15) is 0 Å². The van der Waals surface area contributed by atoms with Crippen molar-refractivity contribution in [3.05, 3.63) is 42.0 Å². The molecule has 0 radical (unpaired) electrons. The molecule has 2 N–H and O–H groups in total. The van der Waals surface area contributed by atoms with Crippen LogP contribution in [0.15, 0.2) is 35.4 Å². The van der Waals surface area contributed by atoms with Crippen LogP contribution in [0.4, 0.5) is 4.39 Å². The van der Waals surface area contributed by atoms with Crippen LogP contribution in [0.2, 0.25) is 0 Å². The summed E-state index contributed by atoms with van der Waals surface area (Å²) < 4.78 is 42.9. The van der Waals surface area contributed by atoms with Gasteiger partial charge in [0, 0.05) is 12.1 Å². The predicted molar refractivity (Wildman–Crippen MR) is 98.5 cm³/mol. The van der Waals surface area contributed by atoms with Gasteiger partial charge in [0.1, 0.15) is 10.7 Å². The molecule has 0 saturated heterocycles. The molecule has 4 rings (SSSR count). The summed E-state index contributed by atoms with van der Waals surface area (Å²) in [6, 6.07) is 5.40. The Morgan fingerprint density at radius 2 is 1.75 bits per heavy atom. The molecule has 0 aliphatic heterocycles. The number of rotatable bonds is 6. The highest BCUT2D eigenvalue weighted by Gasteiger charge is 2.29. The largest absolute Gasteiger partial charge is 0.348 e. The number of benzene rings is 1. The van der Waals surface area contributed by atoms with Gasteiger partial charge in [-0.05, 0) is 50.7 Å². The quantitative estimate of drug-likeness (QED) is 0.759. The molecular weight excluding hydrogens is 385 g/mol. The molecule has 2 aliphatic rings. The third kappa shape index (κ3) is 4.22. The molecule has 0 bridgehead atoms. The first kappa shape index (κ1) is 19.0. The van der Waals surface area contributed by atoms with Crippen LogP contribution in [0.3, 0.4) is 0 Å². The number of aromatic nitrogens is 3. The molecule has 0 atom stereocenters.